The molecule has 10 heteroatoms. The van der Waals surface area contributed by atoms with Crippen LogP contribution in [0.2, 0.25) is 5.02 Å². The number of hydrogen-bond acceptors (Lipinski definition) is 7. The van der Waals surface area contributed by atoms with Gasteiger partial charge in [0.15, 0.2) is 4.67 Å². The summed E-state index contributed by atoms with van der Waals surface area (Å²) in [5, 5.41) is 19.1. The number of benzene rings is 1. The molecular formula is C17H9BrClN3O4S. The summed E-state index contributed by atoms with van der Waals surface area (Å²) in [6.07, 6.45) is 0. The molecule has 1 aromatic carbocycles. The smallest absolute Gasteiger partial charge is 0.302 e. The zero-order valence-electron chi connectivity index (χ0n) is 13.3. The Bertz CT molecular complexity index is 1060. The van der Waals surface area contributed by atoms with Crippen LogP contribution in [0.3, 0.4) is 0 Å². The average molecular weight is 467 g/mol. The van der Waals surface area contributed by atoms with Crippen LogP contribution in [0.15, 0.2) is 56.6 Å². The van der Waals surface area contributed by atoms with E-state index in [4.69, 9.17) is 16.0 Å². The van der Waals surface area contributed by atoms with E-state index in [9.17, 15) is 14.7 Å². The number of anilines is 1. The number of halogens is 2. The molecule has 136 valence electrons. The molecule has 1 saturated heterocycles. The molecule has 1 fully saturated rings. The van der Waals surface area contributed by atoms with Gasteiger partial charge in [-0.1, -0.05) is 22.9 Å². The molecule has 2 aromatic heterocycles. The largest absolute Gasteiger partial charge is 0.507 e. The van der Waals surface area contributed by atoms with Crippen LogP contribution in [0.25, 0.3) is 5.76 Å². The van der Waals surface area contributed by atoms with Gasteiger partial charge >= 0.3 is 5.91 Å². The molecule has 27 heavy (non-hydrogen) atoms. The van der Waals surface area contributed by atoms with Crippen LogP contribution in [0, 0.1) is 0 Å². The number of nitrogens with zero attached hydrogens (tertiary/aromatic N) is 3. The highest BCUT2D eigenvalue weighted by molar-refractivity contribution is 9.10. The molecule has 7 nitrogen and oxygen atoms in total. The first-order valence-corrected chi connectivity index (χ1v) is 9.61. The lowest BCUT2D eigenvalue weighted by Gasteiger charge is -2.20. The first-order valence-electron chi connectivity index (χ1n) is 7.55. The van der Waals surface area contributed by atoms with Crippen LogP contribution < -0.4 is 4.90 Å². The van der Waals surface area contributed by atoms with Crippen molar-refractivity contribution in [2.24, 2.45) is 0 Å². The minimum absolute atomic E-state index is 0.0978. The van der Waals surface area contributed by atoms with E-state index in [1.165, 1.54) is 10.4 Å². The van der Waals surface area contributed by atoms with E-state index in [0.717, 1.165) is 11.3 Å². The third kappa shape index (κ3) is 3.07. The minimum Gasteiger partial charge on any atom is -0.507 e. The maximum Gasteiger partial charge on any atom is 0.302 e. The standard InChI is InChI=1S/C17H9BrClN3O4S/c18-11-6-5-10(26-11)13-12(14(23)8-1-3-9(19)4-2-8)15(24)16(25)22(13)17-21-20-7-27-17/h1-7,13,23H/b14-12+. The van der Waals surface area contributed by atoms with E-state index in [2.05, 4.69) is 26.1 Å². The minimum atomic E-state index is -0.972. The molecular weight excluding hydrogens is 458 g/mol. The predicted octanol–water partition coefficient (Wildman–Crippen LogP) is 4.17. The zero-order valence-corrected chi connectivity index (χ0v) is 16.5. The Hall–Kier alpha value is -2.49. The number of furan rings is 1. The van der Waals surface area contributed by atoms with Gasteiger partial charge in [0.25, 0.3) is 5.78 Å². The molecule has 1 amide bonds. The van der Waals surface area contributed by atoms with Gasteiger partial charge in [0.05, 0.1) is 5.57 Å². The van der Waals surface area contributed by atoms with Crippen LogP contribution in [0.4, 0.5) is 5.13 Å². The maximum absolute atomic E-state index is 12.8. The van der Waals surface area contributed by atoms with E-state index < -0.39 is 17.7 Å². The van der Waals surface area contributed by atoms with Gasteiger partial charge in [0, 0.05) is 10.6 Å². The number of ketones is 1. The first-order chi connectivity index (χ1) is 13.0. The summed E-state index contributed by atoms with van der Waals surface area (Å²) in [7, 11) is 0. The van der Waals surface area contributed by atoms with Gasteiger partial charge in [-0.2, -0.15) is 0 Å². The number of aliphatic hydroxyl groups is 1. The van der Waals surface area contributed by atoms with Crippen molar-refractivity contribution < 1.29 is 19.1 Å². The number of amides is 1. The molecule has 1 N–H and O–H groups in total. The molecule has 3 aromatic rings. The van der Waals surface area contributed by atoms with Crippen molar-refractivity contribution in [1.82, 2.24) is 10.2 Å². The fourth-order valence-corrected chi connectivity index (χ4v) is 3.84. The lowest BCUT2D eigenvalue weighted by Crippen LogP contribution is -2.29. The van der Waals surface area contributed by atoms with Gasteiger partial charge in [-0.15, -0.1) is 10.2 Å². The van der Waals surface area contributed by atoms with Crippen molar-refractivity contribution in [3.8, 4) is 0 Å². The summed E-state index contributed by atoms with van der Waals surface area (Å²) in [5.74, 6) is -1.68. The van der Waals surface area contributed by atoms with Gasteiger partial charge in [-0.05, 0) is 52.3 Å². The van der Waals surface area contributed by atoms with Crippen LogP contribution in [0.1, 0.15) is 17.4 Å². The van der Waals surface area contributed by atoms with Crippen LogP contribution in [-0.2, 0) is 9.59 Å². The van der Waals surface area contributed by atoms with Crippen molar-refractivity contribution in [2.45, 2.75) is 6.04 Å². The Labute approximate surface area is 170 Å². The number of rotatable bonds is 3. The fraction of sp³-hybridized carbons (Fsp3) is 0.0588. The van der Waals surface area contributed by atoms with Gasteiger partial charge in [0.2, 0.25) is 5.13 Å². The number of aromatic nitrogens is 2. The van der Waals surface area contributed by atoms with Crippen molar-refractivity contribution >= 4 is 61.4 Å². The summed E-state index contributed by atoms with van der Waals surface area (Å²) in [5.41, 5.74) is 1.70. The summed E-state index contributed by atoms with van der Waals surface area (Å²) in [6.45, 7) is 0. The fourth-order valence-electron chi connectivity index (χ4n) is 2.81. The topological polar surface area (TPSA) is 96.5 Å². The highest BCUT2D eigenvalue weighted by atomic mass is 79.9. The SMILES string of the molecule is O=C1C(=O)N(c2nncs2)C(c2ccc(Br)o2)/C1=C(\O)c1ccc(Cl)cc1. The lowest BCUT2D eigenvalue weighted by atomic mass is 9.99. The molecule has 3 heterocycles. The number of Topliss-reactive ketones (excluding diaryl/α,β-unsaturated/α-hetero) is 1. The second-order valence-corrected chi connectivity index (χ2v) is 7.57. The second-order valence-electron chi connectivity index (χ2n) is 5.54. The van der Waals surface area contributed by atoms with Gasteiger partial charge < -0.3 is 9.52 Å². The second kappa shape index (κ2) is 6.91. The molecule has 1 aliphatic rings. The average Bonchev–Trinajstić information content (AvgIpc) is 3.37. The normalized spacial score (nSPS) is 19.0. The monoisotopic (exact) mass is 465 g/mol. The number of hydrogen-bond donors (Lipinski definition) is 1. The van der Waals surface area contributed by atoms with E-state index >= 15 is 0 Å². The van der Waals surface area contributed by atoms with E-state index in [1.807, 2.05) is 0 Å². The Kier molecular flexibility index (Phi) is 4.58. The number of aliphatic hydroxyl groups excluding tert-OH is 1. The van der Waals surface area contributed by atoms with Crippen LogP contribution >= 0.6 is 38.9 Å². The molecule has 0 spiro atoms. The highest BCUT2D eigenvalue weighted by Crippen LogP contribution is 2.43. The molecule has 1 unspecified atom stereocenters. The molecule has 0 bridgehead atoms. The number of carbonyl (C=O) groups is 2. The third-order valence-electron chi connectivity index (χ3n) is 3.98. The zero-order chi connectivity index (χ0) is 19.1. The third-order valence-corrected chi connectivity index (χ3v) is 5.35. The molecule has 0 radical (unpaired) electrons. The van der Waals surface area contributed by atoms with Gasteiger partial charge in [0.1, 0.15) is 23.1 Å². The van der Waals surface area contributed by atoms with Gasteiger partial charge in [-0.25, -0.2) is 0 Å². The van der Waals surface area contributed by atoms with Crippen molar-refractivity contribution in [2.75, 3.05) is 4.90 Å². The molecule has 1 aliphatic heterocycles. The van der Waals surface area contributed by atoms with Crippen molar-refractivity contribution in [3.05, 3.63) is 68.5 Å². The van der Waals surface area contributed by atoms with Gasteiger partial charge in [-0.3, -0.25) is 14.5 Å². The van der Waals surface area contributed by atoms with Crippen molar-refractivity contribution in [3.63, 3.8) is 0 Å². The molecule has 4 rings (SSSR count). The molecule has 1 atom stereocenters. The van der Waals surface area contributed by atoms with Crippen molar-refractivity contribution in [1.29, 1.82) is 0 Å². The molecule has 0 saturated carbocycles. The number of carbonyl (C=O) groups excluding carboxylic acids is 2. The lowest BCUT2D eigenvalue weighted by molar-refractivity contribution is -0.132. The highest BCUT2D eigenvalue weighted by Gasteiger charge is 2.49. The summed E-state index contributed by atoms with van der Waals surface area (Å²) in [6, 6.07) is 8.56. The summed E-state index contributed by atoms with van der Waals surface area (Å²) < 4.78 is 6.01. The van der Waals surface area contributed by atoms with Crippen LogP contribution in [0.5, 0.6) is 0 Å². The molecule has 0 aliphatic carbocycles. The van der Waals surface area contributed by atoms with E-state index in [-0.39, 0.29) is 16.5 Å². The Morgan fingerprint density at radius 1 is 1.22 bits per heavy atom. The Balaban J connectivity index is 1.93. The summed E-state index contributed by atoms with van der Waals surface area (Å²) in [4.78, 5) is 26.6. The summed E-state index contributed by atoms with van der Waals surface area (Å²) >= 11 is 10.2. The predicted molar refractivity (Wildman–Crippen MR) is 103 cm³/mol. The Morgan fingerprint density at radius 2 is 1.96 bits per heavy atom. The van der Waals surface area contributed by atoms with Crippen LogP contribution in [-0.4, -0.2) is 27.0 Å². The van der Waals surface area contributed by atoms with E-state index in [0.29, 0.717) is 21.0 Å². The van der Waals surface area contributed by atoms with E-state index in [1.54, 1.807) is 36.4 Å². The quantitative estimate of drug-likeness (QED) is 0.353. The Morgan fingerprint density at radius 3 is 2.56 bits per heavy atom. The maximum atomic E-state index is 12.8. The first kappa shape index (κ1) is 17.9.